The van der Waals surface area contributed by atoms with E-state index in [1.165, 1.54) is 0 Å². The van der Waals surface area contributed by atoms with Gasteiger partial charge in [-0.15, -0.1) is 0 Å². The Morgan fingerprint density at radius 1 is 1.10 bits per heavy atom. The van der Waals surface area contributed by atoms with Crippen molar-refractivity contribution in [3.05, 3.63) is 42.5 Å². The number of nitrogens with zero attached hydrogens (tertiary/aromatic N) is 1. The van der Waals surface area contributed by atoms with Gasteiger partial charge in [-0.1, -0.05) is 6.07 Å². The molecule has 4 nitrogen and oxygen atoms in total. The van der Waals surface area contributed by atoms with Gasteiger partial charge in [-0.3, -0.25) is 0 Å². The third-order valence-electron chi connectivity index (χ3n) is 3.03. The third kappa shape index (κ3) is 3.15. The van der Waals surface area contributed by atoms with Gasteiger partial charge < -0.3 is 20.7 Å². The van der Waals surface area contributed by atoms with Gasteiger partial charge in [0.2, 0.25) is 0 Å². The van der Waals surface area contributed by atoms with Gasteiger partial charge in [-0.05, 0) is 43.3 Å². The molecule has 0 aliphatic carbocycles. The molecule has 0 heterocycles. The molecule has 0 aliphatic rings. The van der Waals surface area contributed by atoms with Crippen molar-refractivity contribution in [1.82, 2.24) is 0 Å². The van der Waals surface area contributed by atoms with Crippen molar-refractivity contribution in [3.63, 3.8) is 0 Å². The van der Waals surface area contributed by atoms with Crippen LogP contribution in [0.3, 0.4) is 0 Å². The SMILES string of the molecule is CCOc1cccc(Nc2ccc(N(C)C)cc2)c1N. The highest BCUT2D eigenvalue weighted by atomic mass is 16.5. The van der Waals surface area contributed by atoms with E-state index in [-0.39, 0.29) is 0 Å². The lowest BCUT2D eigenvalue weighted by Crippen LogP contribution is -2.08. The molecule has 2 aromatic rings. The molecule has 0 aromatic heterocycles. The highest BCUT2D eigenvalue weighted by Gasteiger charge is 2.06. The van der Waals surface area contributed by atoms with E-state index in [4.69, 9.17) is 10.5 Å². The van der Waals surface area contributed by atoms with Crippen LogP contribution >= 0.6 is 0 Å². The van der Waals surface area contributed by atoms with Crippen molar-refractivity contribution >= 4 is 22.7 Å². The number of para-hydroxylation sites is 1. The number of rotatable bonds is 5. The van der Waals surface area contributed by atoms with Crippen LogP contribution in [-0.4, -0.2) is 20.7 Å². The van der Waals surface area contributed by atoms with E-state index in [0.29, 0.717) is 18.0 Å². The molecular formula is C16H21N3O. The first-order valence-electron chi connectivity index (χ1n) is 6.67. The summed E-state index contributed by atoms with van der Waals surface area (Å²) in [6, 6.07) is 13.9. The molecule has 2 rings (SSSR count). The molecule has 0 aliphatic heterocycles. The minimum atomic E-state index is 0.602. The zero-order valence-electron chi connectivity index (χ0n) is 12.2. The van der Waals surface area contributed by atoms with Crippen LogP contribution < -0.4 is 20.7 Å². The normalized spacial score (nSPS) is 10.2. The number of hydrogen-bond acceptors (Lipinski definition) is 4. The average molecular weight is 271 g/mol. The number of ether oxygens (including phenoxy) is 1. The molecule has 0 bridgehead atoms. The molecule has 0 atom stereocenters. The number of anilines is 4. The summed E-state index contributed by atoms with van der Waals surface area (Å²) in [6.07, 6.45) is 0. The lowest BCUT2D eigenvalue weighted by Gasteiger charge is -2.15. The van der Waals surface area contributed by atoms with Crippen LogP contribution in [0.1, 0.15) is 6.92 Å². The molecule has 0 saturated heterocycles. The fourth-order valence-corrected chi connectivity index (χ4v) is 1.93. The molecule has 0 spiro atoms. The van der Waals surface area contributed by atoms with Gasteiger partial charge in [0.25, 0.3) is 0 Å². The van der Waals surface area contributed by atoms with Crippen LogP contribution in [0.5, 0.6) is 5.75 Å². The van der Waals surface area contributed by atoms with Gasteiger partial charge in [0.15, 0.2) is 0 Å². The highest BCUT2D eigenvalue weighted by molar-refractivity contribution is 5.77. The fraction of sp³-hybridized carbons (Fsp3) is 0.250. The van der Waals surface area contributed by atoms with Crippen LogP contribution in [0.15, 0.2) is 42.5 Å². The van der Waals surface area contributed by atoms with Gasteiger partial charge in [0, 0.05) is 25.5 Å². The topological polar surface area (TPSA) is 50.5 Å². The van der Waals surface area contributed by atoms with Crippen molar-refractivity contribution in [2.45, 2.75) is 6.92 Å². The Balaban J connectivity index is 2.19. The number of nitrogen functional groups attached to an aromatic ring is 1. The average Bonchev–Trinajstić information content (AvgIpc) is 2.44. The van der Waals surface area contributed by atoms with Crippen molar-refractivity contribution in [2.75, 3.05) is 36.7 Å². The van der Waals surface area contributed by atoms with Crippen molar-refractivity contribution in [3.8, 4) is 5.75 Å². The molecule has 0 fully saturated rings. The summed E-state index contributed by atoms with van der Waals surface area (Å²) < 4.78 is 5.49. The number of nitrogens with two attached hydrogens (primary N) is 1. The van der Waals surface area contributed by atoms with Gasteiger partial charge in [-0.2, -0.15) is 0 Å². The molecule has 4 heteroatoms. The van der Waals surface area contributed by atoms with Gasteiger partial charge >= 0.3 is 0 Å². The second-order valence-electron chi connectivity index (χ2n) is 4.72. The fourth-order valence-electron chi connectivity index (χ4n) is 1.93. The van der Waals surface area contributed by atoms with E-state index in [9.17, 15) is 0 Å². The molecule has 20 heavy (non-hydrogen) atoms. The molecule has 3 N–H and O–H groups in total. The van der Waals surface area contributed by atoms with Crippen molar-refractivity contribution < 1.29 is 4.74 Å². The van der Waals surface area contributed by atoms with Gasteiger partial charge in [0.05, 0.1) is 18.0 Å². The molecular weight excluding hydrogens is 250 g/mol. The maximum absolute atomic E-state index is 6.10. The Morgan fingerprint density at radius 2 is 1.80 bits per heavy atom. The maximum atomic E-state index is 6.10. The van der Waals surface area contributed by atoms with Crippen molar-refractivity contribution in [2.24, 2.45) is 0 Å². The smallest absolute Gasteiger partial charge is 0.144 e. The van der Waals surface area contributed by atoms with E-state index in [2.05, 4.69) is 22.3 Å². The number of hydrogen-bond donors (Lipinski definition) is 2. The summed E-state index contributed by atoms with van der Waals surface area (Å²) in [4.78, 5) is 2.06. The standard InChI is InChI=1S/C16H21N3O/c1-4-20-15-7-5-6-14(16(15)17)18-12-8-10-13(11-9-12)19(2)3/h5-11,18H,4,17H2,1-3H3. The van der Waals surface area contributed by atoms with Crippen LogP contribution in [0.25, 0.3) is 0 Å². The number of benzene rings is 2. The Kier molecular flexibility index (Phi) is 4.35. The Hall–Kier alpha value is -2.36. The van der Waals surface area contributed by atoms with E-state index in [1.54, 1.807) is 0 Å². The zero-order chi connectivity index (χ0) is 14.5. The summed E-state index contributed by atoms with van der Waals surface area (Å²) in [5, 5.41) is 3.31. The first-order chi connectivity index (χ1) is 9.61. The van der Waals surface area contributed by atoms with Gasteiger partial charge in [0.1, 0.15) is 5.75 Å². The lowest BCUT2D eigenvalue weighted by molar-refractivity contribution is 0.342. The minimum absolute atomic E-state index is 0.602. The summed E-state index contributed by atoms with van der Waals surface area (Å²) in [7, 11) is 4.04. The van der Waals surface area contributed by atoms with Crippen LogP contribution in [0.2, 0.25) is 0 Å². The number of nitrogens with one attached hydrogen (secondary N) is 1. The molecule has 2 aromatic carbocycles. The van der Waals surface area contributed by atoms with E-state index in [1.807, 2.05) is 51.4 Å². The summed E-state index contributed by atoms with van der Waals surface area (Å²) >= 11 is 0. The predicted molar refractivity (Wildman–Crippen MR) is 86.1 cm³/mol. The predicted octanol–water partition coefficient (Wildman–Crippen LogP) is 3.48. The monoisotopic (exact) mass is 271 g/mol. The van der Waals surface area contributed by atoms with Crippen LogP contribution in [0, 0.1) is 0 Å². The molecule has 0 amide bonds. The van der Waals surface area contributed by atoms with E-state index in [0.717, 1.165) is 17.1 Å². The van der Waals surface area contributed by atoms with Crippen LogP contribution in [-0.2, 0) is 0 Å². The maximum Gasteiger partial charge on any atom is 0.144 e. The molecule has 0 radical (unpaired) electrons. The molecule has 106 valence electrons. The molecule has 0 saturated carbocycles. The Labute approximate surface area is 120 Å². The summed E-state index contributed by atoms with van der Waals surface area (Å²) in [5.41, 5.74) is 9.74. The second kappa shape index (κ2) is 6.19. The van der Waals surface area contributed by atoms with Crippen molar-refractivity contribution in [1.29, 1.82) is 0 Å². The first kappa shape index (κ1) is 14.1. The summed E-state index contributed by atoms with van der Waals surface area (Å²) in [5.74, 6) is 0.711. The zero-order valence-corrected chi connectivity index (χ0v) is 12.2. The highest BCUT2D eigenvalue weighted by Crippen LogP contribution is 2.31. The quantitative estimate of drug-likeness (QED) is 0.817. The lowest BCUT2D eigenvalue weighted by atomic mass is 10.2. The van der Waals surface area contributed by atoms with Gasteiger partial charge in [-0.25, -0.2) is 0 Å². The van der Waals surface area contributed by atoms with E-state index >= 15 is 0 Å². The first-order valence-corrected chi connectivity index (χ1v) is 6.67. The van der Waals surface area contributed by atoms with Crippen LogP contribution in [0.4, 0.5) is 22.7 Å². The Bertz CT molecular complexity index is 564. The largest absolute Gasteiger partial charge is 0.492 e. The minimum Gasteiger partial charge on any atom is -0.492 e. The summed E-state index contributed by atoms with van der Waals surface area (Å²) in [6.45, 7) is 2.55. The Morgan fingerprint density at radius 3 is 2.40 bits per heavy atom. The molecule has 0 unspecified atom stereocenters. The third-order valence-corrected chi connectivity index (χ3v) is 3.03. The second-order valence-corrected chi connectivity index (χ2v) is 4.72. The van der Waals surface area contributed by atoms with E-state index < -0.39 is 0 Å².